The lowest BCUT2D eigenvalue weighted by atomic mass is 10.1. The first kappa shape index (κ1) is 19.1. The number of aromatic nitrogens is 1. The third kappa shape index (κ3) is 5.37. The van der Waals surface area contributed by atoms with Crippen molar-refractivity contribution >= 4 is 29.7 Å². The summed E-state index contributed by atoms with van der Waals surface area (Å²) in [5.74, 6) is 0. The van der Waals surface area contributed by atoms with Gasteiger partial charge in [-0.15, -0.1) is 0 Å². The number of carbonyl (C=O) groups is 1. The largest absolute Gasteiger partial charge is 0.333 e. The third-order valence-electron chi connectivity index (χ3n) is 3.85. The van der Waals surface area contributed by atoms with E-state index in [1.54, 1.807) is 10.8 Å². The van der Waals surface area contributed by atoms with Crippen molar-refractivity contribution in [2.75, 3.05) is 6.54 Å². The predicted molar refractivity (Wildman–Crippen MR) is 108 cm³/mol. The number of amides is 1. The topological polar surface area (TPSA) is 46.1 Å². The molecule has 2 N–H and O–H groups in total. The van der Waals surface area contributed by atoms with Crippen molar-refractivity contribution in [3.63, 3.8) is 0 Å². The summed E-state index contributed by atoms with van der Waals surface area (Å²) in [5.41, 5.74) is 3.34. The van der Waals surface area contributed by atoms with E-state index < -0.39 is 0 Å². The molecule has 0 radical (unpaired) electrons. The first-order valence-corrected chi connectivity index (χ1v) is 8.93. The van der Waals surface area contributed by atoms with Gasteiger partial charge in [0.05, 0.1) is 5.52 Å². The summed E-state index contributed by atoms with van der Waals surface area (Å²) in [6.45, 7) is 5.60. The summed E-state index contributed by atoms with van der Waals surface area (Å²) in [6, 6.07) is 18.0. The van der Waals surface area contributed by atoms with E-state index >= 15 is 0 Å². The molecule has 0 spiro atoms. The van der Waals surface area contributed by atoms with E-state index in [1.807, 2.05) is 37.3 Å². The number of para-hydroxylation sites is 1. The van der Waals surface area contributed by atoms with E-state index in [0.29, 0.717) is 6.54 Å². The molecule has 2 aromatic carbocycles. The highest BCUT2D eigenvalue weighted by atomic mass is 32.1. The molecule has 0 aliphatic rings. The maximum atomic E-state index is 12.3. The molecule has 0 bridgehead atoms. The molecular formula is C20H25N3OS. The molecule has 132 valence electrons. The number of nitrogens with one attached hydrogen (secondary N) is 2. The van der Waals surface area contributed by atoms with Crippen LogP contribution in [0.15, 0.2) is 60.8 Å². The molecular weight excluding hydrogens is 330 g/mol. The van der Waals surface area contributed by atoms with Crippen molar-refractivity contribution in [2.24, 2.45) is 0 Å². The van der Waals surface area contributed by atoms with Crippen molar-refractivity contribution < 1.29 is 4.79 Å². The van der Waals surface area contributed by atoms with Crippen LogP contribution in [0.2, 0.25) is 0 Å². The zero-order valence-electron chi connectivity index (χ0n) is 14.7. The minimum Gasteiger partial charge on any atom is -0.333 e. The van der Waals surface area contributed by atoms with Crippen LogP contribution in [0.1, 0.15) is 25.0 Å². The lowest BCUT2D eigenvalue weighted by Gasteiger charge is -2.08. The summed E-state index contributed by atoms with van der Waals surface area (Å²) >= 11 is 3.67. The van der Waals surface area contributed by atoms with Gasteiger partial charge in [-0.1, -0.05) is 69.1 Å². The average molecular weight is 356 g/mol. The highest BCUT2D eigenvalue weighted by Crippen LogP contribution is 2.14. The van der Waals surface area contributed by atoms with Crippen LogP contribution < -0.4 is 10.0 Å². The van der Waals surface area contributed by atoms with Crippen molar-refractivity contribution in [1.29, 1.82) is 0 Å². The fourth-order valence-electron chi connectivity index (χ4n) is 2.42. The Kier molecular flexibility index (Phi) is 7.57. The fraction of sp³-hybridized carbons (Fsp3) is 0.250. The van der Waals surface area contributed by atoms with Gasteiger partial charge in [-0.25, -0.2) is 4.79 Å². The molecule has 1 heterocycles. The quantitative estimate of drug-likeness (QED) is 0.607. The summed E-state index contributed by atoms with van der Waals surface area (Å²) in [6.07, 6.45) is 2.84. The molecule has 3 aromatic rings. The van der Waals surface area contributed by atoms with Crippen molar-refractivity contribution in [1.82, 2.24) is 14.6 Å². The molecule has 0 saturated carbocycles. The Morgan fingerprint density at radius 3 is 2.28 bits per heavy atom. The number of hydrogen-bond donors (Lipinski definition) is 3. The molecule has 3 rings (SSSR count). The van der Waals surface area contributed by atoms with Crippen LogP contribution in [0.4, 0.5) is 4.79 Å². The Balaban J connectivity index is 0.000000511. The summed E-state index contributed by atoms with van der Waals surface area (Å²) in [7, 11) is 0. The highest BCUT2D eigenvalue weighted by molar-refractivity contribution is 7.78. The van der Waals surface area contributed by atoms with Crippen LogP contribution in [0.3, 0.4) is 0 Å². The van der Waals surface area contributed by atoms with Gasteiger partial charge in [-0.2, -0.15) is 0 Å². The summed E-state index contributed by atoms with van der Waals surface area (Å²) in [4.78, 5) is 12.3. The molecule has 0 aliphatic heterocycles. The molecule has 0 saturated heterocycles. The number of hydrogen-bond acceptors (Lipinski definition) is 3. The van der Waals surface area contributed by atoms with Crippen LogP contribution in [0.5, 0.6) is 0 Å². The van der Waals surface area contributed by atoms with Gasteiger partial charge in [-0.3, -0.25) is 9.29 Å². The molecule has 1 aromatic heterocycles. The molecule has 0 fully saturated rings. The second kappa shape index (κ2) is 9.91. The molecule has 25 heavy (non-hydrogen) atoms. The minimum atomic E-state index is -0.101. The van der Waals surface area contributed by atoms with Crippen molar-refractivity contribution in [2.45, 2.75) is 26.8 Å². The van der Waals surface area contributed by atoms with Gasteiger partial charge in [-0.05, 0) is 29.7 Å². The first-order valence-electron chi connectivity index (χ1n) is 8.48. The monoisotopic (exact) mass is 355 g/mol. The summed E-state index contributed by atoms with van der Waals surface area (Å²) < 4.78 is 4.27. The van der Waals surface area contributed by atoms with Gasteiger partial charge in [0.2, 0.25) is 0 Å². The third-order valence-corrected chi connectivity index (χ3v) is 4.17. The number of thiol groups is 1. The van der Waals surface area contributed by atoms with E-state index in [2.05, 4.69) is 54.0 Å². The SMILES string of the molecule is CCNS.CCc1ccc(CNC(=O)n2ccc3ccccc32)cc1. The van der Waals surface area contributed by atoms with E-state index in [-0.39, 0.29) is 6.03 Å². The maximum absolute atomic E-state index is 12.3. The minimum absolute atomic E-state index is 0.101. The van der Waals surface area contributed by atoms with E-state index in [1.165, 1.54) is 5.56 Å². The number of benzene rings is 2. The predicted octanol–water partition coefficient (Wildman–Crippen LogP) is 4.40. The van der Waals surface area contributed by atoms with Gasteiger partial charge in [0.1, 0.15) is 0 Å². The van der Waals surface area contributed by atoms with Crippen LogP contribution >= 0.6 is 12.8 Å². The van der Waals surface area contributed by atoms with E-state index in [4.69, 9.17) is 0 Å². The number of nitrogens with zero attached hydrogens (tertiary/aromatic N) is 1. The van der Waals surface area contributed by atoms with Crippen LogP contribution in [0.25, 0.3) is 10.9 Å². The van der Waals surface area contributed by atoms with Gasteiger partial charge < -0.3 is 5.32 Å². The van der Waals surface area contributed by atoms with E-state index in [0.717, 1.165) is 29.4 Å². The molecule has 1 amide bonds. The maximum Gasteiger partial charge on any atom is 0.326 e. The second-order valence-electron chi connectivity index (χ2n) is 5.58. The van der Waals surface area contributed by atoms with Crippen molar-refractivity contribution in [3.8, 4) is 0 Å². The molecule has 5 heteroatoms. The van der Waals surface area contributed by atoms with Gasteiger partial charge in [0, 0.05) is 24.7 Å². The Labute approximate surface area is 154 Å². The summed E-state index contributed by atoms with van der Waals surface area (Å²) in [5, 5.41) is 4.02. The van der Waals surface area contributed by atoms with Crippen LogP contribution in [0, 0.1) is 0 Å². The molecule has 0 aliphatic carbocycles. The smallest absolute Gasteiger partial charge is 0.326 e. The normalized spacial score (nSPS) is 10.2. The van der Waals surface area contributed by atoms with Crippen LogP contribution in [-0.4, -0.2) is 17.1 Å². The Morgan fingerprint density at radius 2 is 1.64 bits per heavy atom. The highest BCUT2D eigenvalue weighted by Gasteiger charge is 2.07. The number of aryl methyl sites for hydroxylation is 1. The standard InChI is InChI=1S/C18H18N2O.C2H7NS/c1-2-14-7-9-15(10-8-14)13-19-18(21)20-12-11-16-5-3-4-6-17(16)20;1-2-3-4/h3-12H,2,13H2,1H3,(H,19,21);3-4H,2H2,1H3. The lowest BCUT2D eigenvalue weighted by Crippen LogP contribution is -2.27. The van der Waals surface area contributed by atoms with Crippen molar-refractivity contribution in [3.05, 3.63) is 71.9 Å². The van der Waals surface area contributed by atoms with Gasteiger partial charge in [0.15, 0.2) is 0 Å². The lowest BCUT2D eigenvalue weighted by molar-refractivity contribution is 0.243. The van der Waals surface area contributed by atoms with Gasteiger partial charge in [0.25, 0.3) is 0 Å². The van der Waals surface area contributed by atoms with Gasteiger partial charge >= 0.3 is 6.03 Å². The number of rotatable bonds is 4. The zero-order valence-corrected chi connectivity index (χ0v) is 15.6. The fourth-order valence-corrected chi connectivity index (χ4v) is 2.42. The Bertz CT molecular complexity index is 794. The average Bonchev–Trinajstić information content (AvgIpc) is 3.11. The van der Waals surface area contributed by atoms with Crippen LogP contribution in [-0.2, 0) is 13.0 Å². The zero-order chi connectivity index (χ0) is 18.1. The Morgan fingerprint density at radius 1 is 1.00 bits per heavy atom. The first-order chi connectivity index (χ1) is 12.2. The Hall–Kier alpha value is -2.24. The molecule has 4 nitrogen and oxygen atoms in total. The molecule has 0 atom stereocenters. The number of carbonyl (C=O) groups excluding carboxylic acids is 1. The number of fused-ring (bicyclic) bond motifs is 1. The molecule has 0 unspecified atom stereocenters. The van der Waals surface area contributed by atoms with E-state index in [9.17, 15) is 4.79 Å². The second-order valence-corrected chi connectivity index (χ2v) is 5.90.